The van der Waals surface area contributed by atoms with Gasteiger partial charge in [0.2, 0.25) is 0 Å². The maximum atomic E-state index is 8.86. The molecule has 134 valence electrons. The number of methoxy groups -OCH3 is 1. The number of aliphatic hydroxyl groups is 1. The molecule has 0 amide bonds. The Hall–Kier alpha value is -0.850. The zero-order valence-electron chi connectivity index (χ0n) is 14.4. The minimum Gasteiger partial charge on any atom is -0.497 e. The van der Waals surface area contributed by atoms with Crippen molar-refractivity contribution in [2.24, 2.45) is 27.5 Å². The summed E-state index contributed by atoms with van der Waals surface area (Å²) >= 11 is 6.27. The van der Waals surface area contributed by atoms with Gasteiger partial charge in [0.25, 0.3) is 0 Å². The van der Waals surface area contributed by atoms with E-state index in [0.29, 0.717) is 25.6 Å². The maximum Gasteiger partial charge on any atom is 0.111 e. The Kier molecular flexibility index (Phi) is 8.87. The minimum atomic E-state index is -0.138. The van der Waals surface area contributed by atoms with Crippen molar-refractivity contribution in [3.05, 3.63) is 10.8 Å². The highest BCUT2D eigenvalue weighted by Crippen LogP contribution is 2.38. The molecule has 2 unspecified atom stereocenters. The number of aliphatic hydroxyl groups excluding tert-OH is 1. The molecule has 0 bridgehead atoms. The van der Waals surface area contributed by atoms with Crippen molar-refractivity contribution in [2.75, 3.05) is 26.9 Å². The van der Waals surface area contributed by atoms with Gasteiger partial charge < -0.3 is 20.4 Å². The molecule has 0 aromatic rings. The van der Waals surface area contributed by atoms with E-state index in [1.807, 2.05) is 0 Å². The van der Waals surface area contributed by atoms with E-state index in [9.17, 15) is 0 Å². The second-order valence-electron chi connectivity index (χ2n) is 6.77. The van der Waals surface area contributed by atoms with Crippen LogP contribution in [0.25, 0.3) is 0 Å². The van der Waals surface area contributed by atoms with Gasteiger partial charge in [-0.05, 0) is 25.2 Å². The second-order valence-corrected chi connectivity index (χ2v) is 7.22. The molecule has 7 heteroatoms. The van der Waals surface area contributed by atoms with Crippen molar-refractivity contribution < 1.29 is 14.6 Å². The van der Waals surface area contributed by atoms with Crippen LogP contribution < -0.4 is 5.84 Å². The Morgan fingerprint density at radius 1 is 1.48 bits per heavy atom. The van der Waals surface area contributed by atoms with Gasteiger partial charge in [0.05, 0.1) is 24.3 Å². The van der Waals surface area contributed by atoms with E-state index < -0.39 is 0 Å². The molecule has 0 radical (unpaired) electrons. The highest BCUT2D eigenvalue weighted by atomic mass is 35.5. The fraction of sp³-hybridized carbons (Fsp3) is 0.875. The zero-order chi connectivity index (χ0) is 17.3. The Labute approximate surface area is 144 Å². The van der Waals surface area contributed by atoms with Gasteiger partial charge in [0.1, 0.15) is 5.76 Å². The molecule has 0 spiro atoms. The molecule has 1 rings (SSSR count). The first-order valence-electron chi connectivity index (χ1n) is 8.14. The zero-order valence-corrected chi connectivity index (χ0v) is 15.2. The molecule has 1 aliphatic carbocycles. The van der Waals surface area contributed by atoms with Crippen LogP contribution in [0, 0.1) is 11.3 Å². The largest absolute Gasteiger partial charge is 0.497 e. The first-order valence-corrected chi connectivity index (χ1v) is 8.52. The van der Waals surface area contributed by atoms with E-state index in [4.69, 9.17) is 32.0 Å². The van der Waals surface area contributed by atoms with E-state index in [0.717, 1.165) is 36.5 Å². The van der Waals surface area contributed by atoms with Crippen molar-refractivity contribution in [2.45, 2.75) is 52.0 Å². The third-order valence-corrected chi connectivity index (χ3v) is 4.71. The molecule has 0 saturated carbocycles. The summed E-state index contributed by atoms with van der Waals surface area (Å²) in [6, 6.07) is -0.00647. The van der Waals surface area contributed by atoms with Gasteiger partial charge in [0, 0.05) is 32.0 Å². The van der Waals surface area contributed by atoms with Crippen LogP contribution in [0.4, 0.5) is 0 Å². The SMILES string of the molecule is COCC(C)(C)C(CC1CCC(Cl)=C(OCCCO)C1)N=NN. The fourth-order valence-corrected chi connectivity index (χ4v) is 3.17. The summed E-state index contributed by atoms with van der Waals surface area (Å²) in [6.07, 6.45) is 4.10. The molecule has 0 aliphatic heterocycles. The molecule has 0 aromatic carbocycles. The molecule has 1 aliphatic rings. The van der Waals surface area contributed by atoms with Gasteiger partial charge in [-0.3, -0.25) is 0 Å². The Bertz CT molecular complexity index is 413. The molecule has 3 N–H and O–H groups in total. The molecule has 0 saturated heterocycles. The van der Waals surface area contributed by atoms with Crippen LogP contribution in [0.15, 0.2) is 21.1 Å². The lowest BCUT2D eigenvalue weighted by Gasteiger charge is -2.34. The number of hydrogen-bond acceptors (Lipinski definition) is 5. The number of nitrogens with zero attached hydrogens (tertiary/aromatic N) is 2. The van der Waals surface area contributed by atoms with E-state index in [-0.39, 0.29) is 18.1 Å². The van der Waals surface area contributed by atoms with Gasteiger partial charge in [-0.15, -0.1) is 0 Å². The van der Waals surface area contributed by atoms with Crippen molar-refractivity contribution in [3.8, 4) is 0 Å². The summed E-state index contributed by atoms with van der Waals surface area (Å²) in [6.45, 7) is 5.44. The normalized spacial score (nSPS) is 21.0. The average Bonchev–Trinajstić information content (AvgIpc) is 2.50. The van der Waals surface area contributed by atoms with Crippen LogP contribution in [0.2, 0.25) is 0 Å². The van der Waals surface area contributed by atoms with Crippen molar-refractivity contribution in [1.82, 2.24) is 0 Å². The van der Waals surface area contributed by atoms with Gasteiger partial charge >= 0.3 is 0 Å². The molecule has 6 nitrogen and oxygen atoms in total. The van der Waals surface area contributed by atoms with Crippen LogP contribution in [-0.2, 0) is 9.47 Å². The van der Waals surface area contributed by atoms with Gasteiger partial charge in [-0.1, -0.05) is 30.7 Å². The molecule has 0 aromatic heterocycles. The van der Waals surface area contributed by atoms with E-state index in [1.54, 1.807) is 7.11 Å². The number of ether oxygens (including phenoxy) is 2. The van der Waals surface area contributed by atoms with E-state index in [2.05, 4.69) is 24.2 Å². The number of allylic oxidation sites excluding steroid dienone is 2. The summed E-state index contributed by atoms with van der Waals surface area (Å²) in [5, 5.41) is 17.4. The predicted octanol–water partition coefficient (Wildman–Crippen LogP) is 3.39. The first kappa shape index (κ1) is 20.2. The van der Waals surface area contributed by atoms with E-state index in [1.165, 1.54) is 0 Å². The monoisotopic (exact) mass is 347 g/mol. The van der Waals surface area contributed by atoms with Crippen LogP contribution >= 0.6 is 11.6 Å². The standard InChI is InChI=1S/C16H30ClN3O3/c1-16(2,11-22-3)15(19-20-18)10-12-5-6-13(17)14(9-12)23-8-4-7-21/h12,15,21H,4-11H2,1-3H3,(H2,18,19). The summed E-state index contributed by atoms with van der Waals surface area (Å²) < 4.78 is 11.0. The molecular formula is C16H30ClN3O3. The number of halogens is 1. The van der Waals surface area contributed by atoms with Crippen LogP contribution in [0.5, 0.6) is 0 Å². The average molecular weight is 348 g/mol. The highest BCUT2D eigenvalue weighted by molar-refractivity contribution is 6.29. The number of hydrogen-bond donors (Lipinski definition) is 2. The van der Waals surface area contributed by atoms with Crippen molar-refractivity contribution in [3.63, 3.8) is 0 Å². The Balaban J connectivity index is 2.67. The Morgan fingerprint density at radius 3 is 2.83 bits per heavy atom. The topological polar surface area (TPSA) is 89.4 Å². The van der Waals surface area contributed by atoms with Crippen molar-refractivity contribution >= 4 is 11.6 Å². The van der Waals surface area contributed by atoms with Gasteiger partial charge in [-0.25, -0.2) is 0 Å². The van der Waals surface area contributed by atoms with Gasteiger partial charge in [-0.2, -0.15) is 5.11 Å². The fourth-order valence-electron chi connectivity index (χ4n) is 2.93. The highest BCUT2D eigenvalue weighted by Gasteiger charge is 2.33. The molecule has 0 fully saturated rings. The van der Waals surface area contributed by atoms with Crippen molar-refractivity contribution in [1.29, 1.82) is 0 Å². The van der Waals surface area contributed by atoms with E-state index >= 15 is 0 Å². The Morgan fingerprint density at radius 2 is 2.22 bits per heavy atom. The lowest BCUT2D eigenvalue weighted by atomic mass is 9.77. The quantitative estimate of drug-likeness (QED) is 0.274. The van der Waals surface area contributed by atoms with Crippen LogP contribution in [0.1, 0.15) is 46.0 Å². The smallest absolute Gasteiger partial charge is 0.111 e. The lowest BCUT2D eigenvalue weighted by molar-refractivity contribution is 0.0736. The molecule has 23 heavy (non-hydrogen) atoms. The second kappa shape index (κ2) is 10.1. The third kappa shape index (κ3) is 6.65. The number of rotatable bonds is 10. The molecule has 0 heterocycles. The number of nitrogens with two attached hydrogens (primary N) is 1. The lowest BCUT2D eigenvalue weighted by Crippen LogP contribution is -2.34. The molecule has 2 atom stereocenters. The summed E-state index contributed by atoms with van der Waals surface area (Å²) in [5.41, 5.74) is -0.138. The maximum absolute atomic E-state index is 8.86. The van der Waals surface area contributed by atoms with Crippen LogP contribution in [0.3, 0.4) is 0 Å². The van der Waals surface area contributed by atoms with Crippen LogP contribution in [-0.4, -0.2) is 38.1 Å². The summed E-state index contributed by atoms with van der Waals surface area (Å²) in [5.74, 6) is 6.57. The summed E-state index contributed by atoms with van der Waals surface area (Å²) in [7, 11) is 1.69. The summed E-state index contributed by atoms with van der Waals surface area (Å²) in [4.78, 5) is 0. The first-order chi connectivity index (χ1) is 10.9. The minimum absolute atomic E-state index is 0.00647. The predicted molar refractivity (Wildman–Crippen MR) is 91.0 cm³/mol. The van der Waals surface area contributed by atoms with Gasteiger partial charge in [0.15, 0.2) is 0 Å². The molecular weight excluding hydrogens is 318 g/mol. The third-order valence-electron chi connectivity index (χ3n) is 4.31.